The quantitative estimate of drug-likeness (QED) is 0.724. The number of rotatable bonds is 7. The smallest absolute Gasteiger partial charge is 0.118 e. The van der Waals surface area contributed by atoms with Crippen molar-refractivity contribution in [3.63, 3.8) is 0 Å². The Kier molecular flexibility index (Phi) is 5.83. The zero-order chi connectivity index (χ0) is 11.1. The van der Waals surface area contributed by atoms with Gasteiger partial charge in [0.2, 0.25) is 0 Å². The van der Waals surface area contributed by atoms with Crippen molar-refractivity contribution in [3.05, 3.63) is 23.7 Å². The molecule has 0 unspecified atom stereocenters. The Balaban J connectivity index is 2.26. The van der Waals surface area contributed by atoms with Crippen molar-refractivity contribution in [1.29, 1.82) is 0 Å². The van der Waals surface area contributed by atoms with E-state index in [-0.39, 0.29) is 0 Å². The Morgan fingerprint density at radius 3 is 2.73 bits per heavy atom. The number of furan rings is 1. The Morgan fingerprint density at radius 2 is 2.07 bits per heavy atom. The average molecular weight is 228 g/mol. The van der Waals surface area contributed by atoms with Gasteiger partial charge in [-0.25, -0.2) is 0 Å². The van der Waals surface area contributed by atoms with Crippen LogP contribution in [0.2, 0.25) is 0 Å². The minimum absolute atomic E-state index is 0.775. The lowest BCUT2D eigenvalue weighted by atomic mass is 10.4. The van der Waals surface area contributed by atoms with Gasteiger partial charge in [0, 0.05) is 0 Å². The van der Waals surface area contributed by atoms with Crippen LogP contribution in [-0.2, 0) is 12.3 Å². The van der Waals surface area contributed by atoms with Gasteiger partial charge in [0.1, 0.15) is 11.5 Å². The molecular formula is C11H20N2OS. The highest BCUT2D eigenvalue weighted by Gasteiger charge is 2.02. The lowest BCUT2D eigenvalue weighted by Gasteiger charge is -2.05. The summed E-state index contributed by atoms with van der Waals surface area (Å²) in [5.74, 6) is 4.16. The second kappa shape index (κ2) is 6.93. The number of thioether (sulfide) groups is 1. The first-order chi connectivity index (χ1) is 7.22. The van der Waals surface area contributed by atoms with Crippen LogP contribution >= 0.6 is 11.8 Å². The zero-order valence-electron chi connectivity index (χ0n) is 9.53. The molecule has 2 N–H and O–H groups in total. The van der Waals surface area contributed by atoms with E-state index in [1.54, 1.807) is 0 Å². The fourth-order valence-electron chi connectivity index (χ4n) is 1.25. The number of nitrogens with two attached hydrogens (primary N) is 1. The molecule has 0 radical (unpaired) electrons. The van der Waals surface area contributed by atoms with Crippen molar-refractivity contribution < 1.29 is 4.42 Å². The summed E-state index contributed by atoms with van der Waals surface area (Å²) in [6.07, 6.45) is 1.08. The van der Waals surface area contributed by atoms with E-state index in [0.29, 0.717) is 0 Å². The fourth-order valence-corrected chi connectivity index (χ4v) is 2.13. The van der Waals surface area contributed by atoms with Gasteiger partial charge in [0.25, 0.3) is 0 Å². The summed E-state index contributed by atoms with van der Waals surface area (Å²) in [6.45, 7) is 1.64. The van der Waals surface area contributed by atoms with E-state index >= 15 is 0 Å². The van der Waals surface area contributed by atoms with Gasteiger partial charge in [0.15, 0.2) is 0 Å². The summed E-state index contributed by atoms with van der Waals surface area (Å²) in [7, 11) is 4.08. The second-order valence-corrected chi connectivity index (χ2v) is 4.91. The van der Waals surface area contributed by atoms with Crippen LogP contribution in [0.25, 0.3) is 0 Å². The lowest BCUT2D eigenvalue weighted by molar-refractivity contribution is 0.344. The molecule has 0 aliphatic rings. The predicted molar refractivity (Wildman–Crippen MR) is 65.9 cm³/mol. The second-order valence-electron chi connectivity index (χ2n) is 3.80. The van der Waals surface area contributed by atoms with Crippen LogP contribution in [0.4, 0.5) is 0 Å². The van der Waals surface area contributed by atoms with E-state index in [1.807, 2.05) is 25.9 Å². The first-order valence-electron chi connectivity index (χ1n) is 5.22. The first-order valence-corrected chi connectivity index (χ1v) is 6.38. The Bertz CT molecular complexity index is 273. The molecule has 0 atom stereocenters. The molecule has 0 amide bonds. The Hall–Kier alpha value is -0.450. The van der Waals surface area contributed by atoms with E-state index in [9.17, 15) is 0 Å². The fraction of sp³-hybridized carbons (Fsp3) is 0.636. The third-order valence-electron chi connectivity index (χ3n) is 1.93. The summed E-state index contributed by atoms with van der Waals surface area (Å²) in [4.78, 5) is 2.10. The van der Waals surface area contributed by atoms with Gasteiger partial charge in [0.05, 0.1) is 12.3 Å². The Morgan fingerprint density at radius 1 is 1.33 bits per heavy atom. The van der Waals surface area contributed by atoms with Crippen molar-refractivity contribution in [2.75, 3.05) is 26.4 Å². The molecule has 0 saturated heterocycles. The molecule has 1 rings (SSSR count). The van der Waals surface area contributed by atoms with Crippen LogP contribution in [0.1, 0.15) is 17.9 Å². The lowest BCUT2D eigenvalue weighted by Crippen LogP contribution is -2.09. The minimum atomic E-state index is 0.775. The van der Waals surface area contributed by atoms with E-state index in [1.165, 1.54) is 0 Å². The van der Waals surface area contributed by atoms with Gasteiger partial charge < -0.3 is 15.1 Å². The van der Waals surface area contributed by atoms with Gasteiger partial charge in [-0.05, 0) is 44.9 Å². The molecule has 0 spiro atoms. The van der Waals surface area contributed by atoms with Crippen LogP contribution in [0.3, 0.4) is 0 Å². The molecule has 0 fully saturated rings. The van der Waals surface area contributed by atoms with Crippen LogP contribution < -0.4 is 5.73 Å². The summed E-state index contributed by atoms with van der Waals surface area (Å²) in [5, 5.41) is 0. The predicted octanol–water partition coefficient (Wildman–Crippen LogP) is 1.92. The van der Waals surface area contributed by atoms with Crippen LogP contribution in [0.15, 0.2) is 16.5 Å². The van der Waals surface area contributed by atoms with E-state index in [4.69, 9.17) is 10.2 Å². The van der Waals surface area contributed by atoms with Gasteiger partial charge in [-0.1, -0.05) is 0 Å². The average Bonchev–Trinajstić information content (AvgIpc) is 2.59. The maximum absolute atomic E-state index is 5.68. The first kappa shape index (κ1) is 12.6. The molecule has 86 valence electrons. The van der Waals surface area contributed by atoms with Crippen molar-refractivity contribution >= 4 is 11.8 Å². The molecule has 1 aromatic heterocycles. The van der Waals surface area contributed by atoms with Crippen LogP contribution in [-0.4, -0.2) is 31.3 Å². The van der Waals surface area contributed by atoms with E-state index in [0.717, 1.165) is 42.5 Å². The minimum Gasteiger partial charge on any atom is -0.464 e. The van der Waals surface area contributed by atoms with E-state index < -0.39 is 0 Å². The van der Waals surface area contributed by atoms with Crippen LogP contribution in [0.5, 0.6) is 0 Å². The Labute approximate surface area is 96.0 Å². The molecule has 15 heavy (non-hydrogen) atoms. The van der Waals surface area contributed by atoms with Gasteiger partial charge in [-0.3, -0.25) is 0 Å². The third-order valence-corrected chi connectivity index (χ3v) is 2.99. The van der Waals surface area contributed by atoms with Crippen molar-refractivity contribution in [2.45, 2.75) is 18.7 Å². The SMILES string of the molecule is CN(C)Cc1ccc(CSCCCN)o1. The third kappa shape index (κ3) is 5.25. The summed E-state index contributed by atoms with van der Waals surface area (Å²) < 4.78 is 5.68. The standard InChI is InChI=1S/C11H20N2OS/c1-13(2)8-10-4-5-11(14-10)9-15-7-3-6-12/h4-5H,3,6-9,12H2,1-2H3. The van der Waals surface area contributed by atoms with Crippen molar-refractivity contribution in [2.24, 2.45) is 5.73 Å². The molecule has 1 heterocycles. The topological polar surface area (TPSA) is 42.4 Å². The molecule has 4 heteroatoms. The molecule has 3 nitrogen and oxygen atoms in total. The van der Waals surface area contributed by atoms with Crippen molar-refractivity contribution in [1.82, 2.24) is 4.90 Å². The summed E-state index contributed by atoms with van der Waals surface area (Å²) >= 11 is 1.88. The zero-order valence-corrected chi connectivity index (χ0v) is 10.3. The highest BCUT2D eigenvalue weighted by atomic mass is 32.2. The number of nitrogens with zero attached hydrogens (tertiary/aromatic N) is 1. The van der Waals surface area contributed by atoms with Crippen LogP contribution in [0, 0.1) is 0 Å². The summed E-state index contributed by atoms with van der Waals surface area (Å²) in [5.41, 5.74) is 5.42. The highest BCUT2D eigenvalue weighted by Crippen LogP contribution is 2.16. The van der Waals surface area contributed by atoms with Gasteiger partial charge >= 0.3 is 0 Å². The van der Waals surface area contributed by atoms with E-state index in [2.05, 4.69) is 17.0 Å². The molecule has 0 bridgehead atoms. The maximum Gasteiger partial charge on any atom is 0.118 e. The molecular weight excluding hydrogens is 208 g/mol. The molecule has 1 aromatic rings. The van der Waals surface area contributed by atoms with Gasteiger partial charge in [-0.15, -0.1) is 0 Å². The molecule has 0 aliphatic heterocycles. The molecule has 0 aliphatic carbocycles. The van der Waals surface area contributed by atoms with Gasteiger partial charge in [-0.2, -0.15) is 11.8 Å². The van der Waals surface area contributed by atoms with Crippen molar-refractivity contribution in [3.8, 4) is 0 Å². The highest BCUT2D eigenvalue weighted by molar-refractivity contribution is 7.98. The normalized spacial score (nSPS) is 11.2. The number of hydrogen-bond acceptors (Lipinski definition) is 4. The monoisotopic (exact) mass is 228 g/mol. The summed E-state index contributed by atoms with van der Waals surface area (Å²) in [6, 6.07) is 4.12. The number of hydrogen-bond donors (Lipinski definition) is 1. The molecule has 0 saturated carbocycles. The molecule has 0 aromatic carbocycles. The largest absolute Gasteiger partial charge is 0.464 e. The maximum atomic E-state index is 5.68.